The molecule has 0 radical (unpaired) electrons. The average Bonchev–Trinajstić information content (AvgIpc) is 2.69. The Morgan fingerprint density at radius 1 is 1.33 bits per heavy atom. The van der Waals surface area contributed by atoms with E-state index >= 15 is 0 Å². The van der Waals surface area contributed by atoms with Crippen LogP contribution in [0.25, 0.3) is 0 Å². The van der Waals surface area contributed by atoms with Gasteiger partial charge >= 0.3 is 5.69 Å². The lowest BCUT2D eigenvalue weighted by Crippen LogP contribution is -2.49. The summed E-state index contributed by atoms with van der Waals surface area (Å²) in [4.78, 5) is 37.8. The first-order chi connectivity index (χ1) is 13.0. The van der Waals surface area contributed by atoms with Crippen LogP contribution in [0.4, 0.5) is 5.82 Å². The summed E-state index contributed by atoms with van der Waals surface area (Å²) in [7, 11) is 1.44. The molecule has 1 unspecified atom stereocenters. The van der Waals surface area contributed by atoms with E-state index in [0.29, 0.717) is 36.4 Å². The zero-order valence-electron chi connectivity index (χ0n) is 15.1. The number of nitriles is 1. The van der Waals surface area contributed by atoms with E-state index in [-0.39, 0.29) is 18.1 Å². The first-order valence-corrected chi connectivity index (χ1v) is 8.78. The van der Waals surface area contributed by atoms with Gasteiger partial charge in [-0.2, -0.15) is 5.26 Å². The van der Waals surface area contributed by atoms with Gasteiger partial charge in [-0.05, 0) is 24.5 Å². The summed E-state index contributed by atoms with van der Waals surface area (Å²) < 4.78 is 2.57. The molecule has 1 atom stereocenters. The van der Waals surface area contributed by atoms with E-state index in [4.69, 9.17) is 0 Å². The fourth-order valence-electron chi connectivity index (χ4n) is 3.42. The lowest BCUT2D eigenvalue weighted by atomic mass is 10.1. The van der Waals surface area contributed by atoms with Crippen LogP contribution in [0.2, 0.25) is 0 Å². The fraction of sp³-hybridized carbons (Fsp3) is 0.368. The smallest absolute Gasteiger partial charge is 0.332 e. The SMILES string of the molecule is Cn1c(=O)cc(N2CCCC(NC=O)C2)n(Cc2ccccc2C#N)c1=O. The van der Waals surface area contributed by atoms with Crippen LogP contribution in [0.1, 0.15) is 24.0 Å². The van der Waals surface area contributed by atoms with E-state index in [1.165, 1.54) is 17.7 Å². The second-order valence-electron chi connectivity index (χ2n) is 6.61. The molecule has 3 rings (SSSR count). The molecule has 1 fully saturated rings. The molecule has 2 heterocycles. The molecular weight excluding hydrogens is 346 g/mol. The van der Waals surface area contributed by atoms with Gasteiger partial charge in [-0.1, -0.05) is 18.2 Å². The molecular formula is C19H21N5O3. The number of carbonyl (C=O) groups excluding carboxylic acids is 1. The van der Waals surface area contributed by atoms with Gasteiger partial charge in [-0.15, -0.1) is 0 Å². The van der Waals surface area contributed by atoms with E-state index in [2.05, 4.69) is 11.4 Å². The molecule has 0 spiro atoms. The van der Waals surface area contributed by atoms with Crippen molar-refractivity contribution in [3.8, 4) is 6.07 Å². The van der Waals surface area contributed by atoms with Crippen LogP contribution in [-0.4, -0.2) is 34.7 Å². The number of anilines is 1. The van der Waals surface area contributed by atoms with Crippen LogP contribution < -0.4 is 21.5 Å². The molecule has 1 aromatic heterocycles. The third-order valence-electron chi connectivity index (χ3n) is 4.89. The van der Waals surface area contributed by atoms with Crippen LogP contribution in [0.5, 0.6) is 0 Å². The van der Waals surface area contributed by atoms with Gasteiger partial charge in [0.25, 0.3) is 5.56 Å². The maximum atomic E-state index is 12.8. The van der Waals surface area contributed by atoms with Crippen LogP contribution in [-0.2, 0) is 18.4 Å². The largest absolute Gasteiger partial charge is 0.356 e. The van der Waals surface area contributed by atoms with Crippen molar-refractivity contribution in [1.82, 2.24) is 14.5 Å². The van der Waals surface area contributed by atoms with E-state index in [0.717, 1.165) is 17.4 Å². The van der Waals surface area contributed by atoms with Crippen molar-refractivity contribution in [3.05, 3.63) is 62.3 Å². The summed E-state index contributed by atoms with van der Waals surface area (Å²) in [5.74, 6) is 0.508. The molecule has 0 saturated carbocycles. The highest BCUT2D eigenvalue weighted by molar-refractivity contribution is 5.48. The maximum Gasteiger partial charge on any atom is 0.332 e. The Morgan fingerprint density at radius 2 is 2.11 bits per heavy atom. The molecule has 2 aromatic rings. The number of nitrogens with zero attached hydrogens (tertiary/aromatic N) is 4. The summed E-state index contributed by atoms with van der Waals surface area (Å²) in [6.45, 7) is 1.39. The van der Waals surface area contributed by atoms with Crippen molar-refractivity contribution >= 4 is 12.2 Å². The third-order valence-corrected chi connectivity index (χ3v) is 4.89. The van der Waals surface area contributed by atoms with Gasteiger partial charge in [0.05, 0.1) is 18.2 Å². The number of carbonyl (C=O) groups is 1. The molecule has 27 heavy (non-hydrogen) atoms. The molecule has 1 amide bonds. The predicted molar refractivity (Wildman–Crippen MR) is 101 cm³/mol. The molecule has 140 valence electrons. The summed E-state index contributed by atoms with van der Waals surface area (Å²) in [5.41, 5.74) is 0.380. The number of piperidine rings is 1. The topological polar surface area (TPSA) is 100 Å². The normalized spacial score (nSPS) is 16.6. The number of nitrogens with one attached hydrogen (secondary N) is 1. The van der Waals surface area contributed by atoms with Crippen molar-refractivity contribution in [3.63, 3.8) is 0 Å². The monoisotopic (exact) mass is 367 g/mol. The minimum atomic E-state index is -0.435. The predicted octanol–water partition coefficient (Wildman–Crippen LogP) is 0.182. The highest BCUT2D eigenvalue weighted by Gasteiger charge is 2.23. The summed E-state index contributed by atoms with van der Waals surface area (Å²) in [6.07, 6.45) is 2.36. The Balaban J connectivity index is 2.06. The number of hydrogen-bond acceptors (Lipinski definition) is 5. The van der Waals surface area contributed by atoms with Gasteiger partial charge < -0.3 is 10.2 Å². The first kappa shape index (κ1) is 18.5. The van der Waals surface area contributed by atoms with E-state index in [1.54, 1.807) is 18.2 Å². The van der Waals surface area contributed by atoms with Crippen molar-refractivity contribution in [2.75, 3.05) is 18.0 Å². The van der Waals surface area contributed by atoms with E-state index in [9.17, 15) is 19.6 Å². The van der Waals surface area contributed by atoms with E-state index < -0.39 is 5.69 Å². The molecule has 8 nitrogen and oxygen atoms in total. The first-order valence-electron chi connectivity index (χ1n) is 8.78. The van der Waals surface area contributed by atoms with Crippen molar-refractivity contribution in [1.29, 1.82) is 5.26 Å². The molecule has 1 aliphatic heterocycles. The van der Waals surface area contributed by atoms with Crippen LogP contribution in [0.15, 0.2) is 39.9 Å². The summed E-state index contributed by atoms with van der Waals surface area (Å²) in [6, 6.07) is 10.6. The Hall–Kier alpha value is -3.34. The molecule has 1 aliphatic rings. The molecule has 1 aromatic carbocycles. The Kier molecular flexibility index (Phi) is 5.41. The van der Waals surface area contributed by atoms with Gasteiger partial charge in [-0.25, -0.2) is 4.79 Å². The third kappa shape index (κ3) is 3.77. The second kappa shape index (κ2) is 7.91. The quantitative estimate of drug-likeness (QED) is 0.760. The van der Waals surface area contributed by atoms with Gasteiger partial charge in [0.1, 0.15) is 5.82 Å². The molecule has 8 heteroatoms. The standard InChI is InChI=1S/C19H21N5O3/c1-22-18(26)9-17(23-8-4-7-16(12-23)21-13-25)24(19(22)27)11-15-6-3-2-5-14(15)10-20/h2-3,5-6,9,13,16H,4,7-8,11-12H2,1H3,(H,21,25). The van der Waals surface area contributed by atoms with Crippen LogP contribution in [0.3, 0.4) is 0 Å². The van der Waals surface area contributed by atoms with Gasteiger partial charge in [-0.3, -0.25) is 18.7 Å². The maximum absolute atomic E-state index is 12.8. The Bertz CT molecular complexity index is 1000. The van der Waals surface area contributed by atoms with Gasteiger partial charge in [0, 0.05) is 32.2 Å². The number of amides is 1. The summed E-state index contributed by atoms with van der Waals surface area (Å²) >= 11 is 0. The number of rotatable bonds is 5. The number of benzene rings is 1. The zero-order chi connectivity index (χ0) is 19.4. The highest BCUT2D eigenvalue weighted by Crippen LogP contribution is 2.19. The molecule has 1 N–H and O–H groups in total. The second-order valence-corrected chi connectivity index (χ2v) is 6.61. The van der Waals surface area contributed by atoms with Crippen LogP contribution in [0, 0.1) is 11.3 Å². The Morgan fingerprint density at radius 3 is 2.85 bits per heavy atom. The minimum Gasteiger partial charge on any atom is -0.356 e. The zero-order valence-corrected chi connectivity index (χ0v) is 15.1. The Labute approximate surface area is 156 Å². The van der Waals surface area contributed by atoms with Crippen molar-refractivity contribution < 1.29 is 4.79 Å². The minimum absolute atomic E-state index is 0.0322. The van der Waals surface area contributed by atoms with E-state index in [1.807, 2.05) is 11.0 Å². The summed E-state index contributed by atoms with van der Waals surface area (Å²) in [5, 5.41) is 12.1. The van der Waals surface area contributed by atoms with Crippen LogP contribution >= 0.6 is 0 Å². The van der Waals surface area contributed by atoms with Crippen molar-refractivity contribution in [2.45, 2.75) is 25.4 Å². The lowest BCUT2D eigenvalue weighted by Gasteiger charge is -2.35. The van der Waals surface area contributed by atoms with Crippen molar-refractivity contribution in [2.24, 2.45) is 7.05 Å². The van der Waals surface area contributed by atoms with Gasteiger partial charge in [0.15, 0.2) is 0 Å². The molecule has 0 aliphatic carbocycles. The lowest BCUT2D eigenvalue weighted by molar-refractivity contribution is -0.110. The number of aromatic nitrogens is 2. The van der Waals surface area contributed by atoms with Gasteiger partial charge in [0.2, 0.25) is 6.41 Å². The molecule has 0 bridgehead atoms. The highest BCUT2D eigenvalue weighted by atomic mass is 16.2. The molecule has 1 saturated heterocycles. The fourth-order valence-corrected chi connectivity index (χ4v) is 3.42. The average molecular weight is 367 g/mol. The number of hydrogen-bond donors (Lipinski definition) is 1.